The molecule has 4 rings (SSSR count). The largest absolute Gasteiger partial charge is 0.396 e. The van der Waals surface area contributed by atoms with Gasteiger partial charge in [0.25, 0.3) is 0 Å². The number of hydrogen-bond donors (Lipinski definition) is 1. The Hall–Kier alpha value is -2.25. The van der Waals surface area contributed by atoms with Crippen LogP contribution in [0.1, 0.15) is 12.0 Å². The summed E-state index contributed by atoms with van der Waals surface area (Å²) < 4.78 is 18.6. The van der Waals surface area contributed by atoms with Crippen LogP contribution in [0.4, 0.5) is 16.2 Å². The fourth-order valence-electron chi connectivity index (χ4n) is 3.93. The quantitative estimate of drug-likeness (QED) is 0.865. The summed E-state index contributed by atoms with van der Waals surface area (Å²) in [5, 5.41) is 10.1. The summed E-state index contributed by atoms with van der Waals surface area (Å²) >= 11 is 0. The number of benzene rings is 1. The van der Waals surface area contributed by atoms with E-state index in [2.05, 4.69) is 14.8 Å². The lowest BCUT2D eigenvalue weighted by molar-refractivity contribution is 0.122. The molecule has 2 aromatic rings. The molecule has 1 unspecified atom stereocenters. The maximum atomic E-state index is 13.2. The molecule has 1 N–H and O–H groups in total. The summed E-state index contributed by atoms with van der Waals surface area (Å²) in [6.45, 7) is 4.65. The van der Waals surface area contributed by atoms with E-state index >= 15 is 0 Å². The molecule has 3 heterocycles. The Labute approximate surface area is 158 Å². The van der Waals surface area contributed by atoms with Crippen molar-refractivity contribution >= 4 is 11.8 Å². The molecule has 2 aliphatic heterocycles. The van der Waals surface area contributed by atoms with Crippen molar-refractivity contribution in [1.82, 2.24) is 9.97 Å². The average Bonchev–Trinajstić information content (AvgIpc) is 3.15. The van der Waals surface area contributed by atoms with Gasteiger partial charge in [0.2, 0.25) is 5.95 Å². The predicted molar refractivity (Wildman–Crippen MR) is 102 cm³/mol. The van der Waals surface area contributed by atoms with Crippen LogP contribution >= 0.6 is 0 Å². The van der Waals surface area contributed by atoms with Crippen LogP contribution < -0.4 is 9.80 Å². The zero-order chi connectivity index (χ0) is 18.7. The molecule has 0 saturated carbocycles. The van der Waals surface area contributed by atoms with Gasteiger partial charge in [0, 0.05) is 37.8 Å². The van der Waals surface area contributed by atoms with E-state index in [4.69, 9.17) is 9.72 Å². The van der Waals surface area contributed by atoms with E-state index in [-0.39, 0.29) is 17.8 Å². The number of rotatable bonds is 5. The molecule has 2 saturated heterocycles. The van der Waals surface area contributed by atoms with Crippen LogP contribution in [0, 0.1) is 11.2 Å². The highest BCUT2D eigenvalue weighted by Crippen LogP contribution is 2.36. The molecule has 7 heteroatoms. The van der Waals surface area contributed by atoms with Crippen molar-refractivity contribution in [3.05, 3.63) is 47.9 Å². The van der Waals surface area contributed by atoms with Crippen LogP contribution in [0.25, 0.3) is 0 Å². The minimum Gasteiger partial charge on any atom is -0.396 e. The Morgan fingerprint density at radius 2 is 1.85 bits per heavy atom. The zero-order valence-corrected chi connectivity index (χ0v) is 15.4. The van der Waals surface area contributed by atoms with Gasteiger partial charge in [-0.15, -0.1) is 0 Å². The van der Waals surface area contributed by atoms with Gasteiger partial charge in [-0.3, -0.25) is 0 Å². The van der Waals surface area contributed by atoms with Crippen molar-refractivity contribution in [3.8, 4) is 0 Å². The molecule has 1 aromatic heterocycles. The topological polar surface area (TPSA) is 61.7 Å². The Bertz CT molecular complexity index is 767. The first-order valence-corrected chi connectivity index (χ1v) is 9.43. The first-order chi connectivity index (χ1) is 13.2. The van der Waals surface area contributed by atoms with E-state index in [9.17, 15) is 9.50 Å². The highest BCUT2D eigenvalue weighted by Gasteiger charge is 2.38. The van der Waals surface area contributed by atoms with Crippen LogP contribution in [0.2, 0.25) is 0 Å². The third-order valence-corrected chi connectivity index (χ3v) is 5.51. The molecular formula is C20H25FN4O2. The molecule has 0 bridgehead atoms. The molecule has 144 valence electrons. The highest BCUT2D eigenvalue weighted by molar-refractivity contribution is 5.45. The monoisotopic (exact) mass is 372 g/mol. The maximum absolute atomic E-state index is 13.2. The van der Waals surface area contributed by atoms with Crippen molar-refractivity contribution < 1.29 is 14.2 Å². The van der Waals surface area contributed by atoms with Crippen LogP contribution in [0.15, 0.2) is 36.5 Å². The summed E-state index contributed by atoms with van der Waals surface area (Å²) in [6.07, 6.45) is 3.39. The number of aromatic nitrogens is 2. The lowest BCUT2D eigenvalue weighted by Crippen LogP contribution is -2.37. The van der Waals surface area contributed by atoms with Gasteiger partial charge >= 0.3 is 0 Å². The fourth-order valence-corrected chi connectivity index (χ4v) is 3.93. The second kappa shape index (κ2) is 7.78. The minimum atomic E-state index is -0.235. The minimum absolute atomic E-state index is 0.0995. The summed E-state index contributed by atoms with van der Waals surface area (Å²) in [5.41, 5.74) is 0.811. The van der Waals surface area contributed by atoms with E-state index in [1.54, 1.807) is 18.3 Å². The summed E-state index contributed by atoms with van der Waals surface area (Å²) in [6, 6.07) is 8.49. The molecule has 2 fully saturated rings. The zero-order valence-electron chi connectivity index (χ0n) is 15.4. The second-order valence-corrected chi connectivity index (χ2v) is 7.45. The van der Waals surface area contributed by atoms with Gasteiger partial charge in [0.15, 0.2) is 0 Å². The van der Waals surface area contributed by atoms with E-state index in [1.807, 2.05) is 6.07 Å². The molecule has 27 heavy (non-hydrogen) atoms. The molecule has 0 aliphatic carbocycles. The third-order valence-electron chi connectivity index (χ3n) is 5.51. The van der Waals surface area contributed by atoms with Crippen molar-refractivity contribution in [3.63, 3.8) is 0 Å². The fraction of sp³-hybridized carbons (Fsp3) is 0.500. The summed E-state index contributed by atoms with van der Waals surface area (Å²) in [7, 11) is 0. The van der Waals surface area contributed by atoms with E-state index in [0.717, 1.165) is 56.4 Å². The van der Waals surface area contributed by atoms with Gasteiger partial charge in [-0.25, -0.2) is 9.37 Å². The number of morpholine rings is 1. The van der Waals surface area contributed by atoms with Gasteiger partial charge in [0.1, 0.15) is 11.6 Å². The van der Waals surface area contributed by atoms with Gasteiger partial charge in [-0.05, 0) is 36.6 Å². The van der Waals surface area contributed by atoms with Gasteiger partial charge in [-0.2, -0.15) is 4.98 Å². The third kappa shape index (κ3) is 4.04. The number of aliphatic hydroxyl groups is 1. The number of anilines is 2. The predicted octanol–water partition coefficient (Wildman–Crippen LogP) is 1.88. The first kappa shape index (κ1) is 18.1. The Balaban J connectivity index is 1.48. The van der Waals surface area contributed by atoms with E-state index in [1.165, 1.54) is 12.1 Å². The summed E-state index contributed by atoms with van der Waals surface area (Å²) in [4.78, 5) is 13.5. The van der Waals surface area contributed by atoms with Crippen molar-refractivity contribution in [2.45, 2.75) is 12.8 Å². The molecule has 0 amide bonds. The number of ether oxygens (including phenoxy) is 1. The molecule has 1 atom stereocenters. The smallest absolute Gasteiger partial charge is 0.227 e. The molecule has 0 spiro atoms. The Morgan fingerprint density at radius 3 is 2.59 bits per heavy atom. The van der Waals surface area contributed by atoms with Crippen molar-refractivity contribution in [2.75, 3.05) is 55.8 Å². The van der Waals surface area contributed by atoms with E-state index < -0.39 is 0 Å². The van der Waals surface area contributed by atoms with Gasteiger partial charge in [-0.1, -0.05) is 12.1 Å². The van der Waals surface area contributed by atoms with Crippen LogP contribution in [0.3, 0.4) is 0 Å². The van der Waals surface area contributed by atoms with Crippen LogP contribution in [-0.2, 0) is 11.2 Å². The molecular weight excluding hydrogens is 347 g/mol. The summed E-state index contributed by atoms with van der Waals surface area (Å²) in [5.74, 6) is 1.39. The molecule has 2 aliphatic rings. The molecule has 6 nitrogen and oxygen atoms in total. The van der Waals surface area contributed by atoms with Gasteiger partial charge < -0.3 is 19.6 Å². The first-order valence-electron chi connectivity index (χ1n) is 9.43. The maximum Gasteiger partial charge on any atom is 0.227 e. The Morgan fingerprint density at radius 1 is 1.07 bits per heavy atom. The highest BCUT2D eigenvalue weighted by atomic mass is 19.1. The second-order valence-electron chi connectivity index (χ2n) is 7.45. The standard InChI is InChI=1S/C20H25FN4O2/c21-17-3-1-16(2-4-17)13-20(15-26)6-8-25(14-20)18-5-7-22-19(23-18)24-9-11-27-12-10-24/h1-5,7,26H,6,8-15H2. The Kier molecular flexibility index (Phi) is 5.22. The van der Waals surface area contributed by atoms with Gasteiger partial charge in [0.05, 0.1) is 19.8 Å². The van der Waals surface area contributed by atoms with Crippen molar-refractivity contribution in [2.24, 2.45) is 5.41 Å². The number of nitrogens with zero attached hydrogens (tertiary/aromatic N) is 4. The normalized spacial score (nSPS) is 23.0. The number of hydrogen-bond acceptors (Lipinski definition) is 6. The molecule has 1 aromatic carbocycles. The SMILES string of the molecule is OCC1(Cc2ccc(F)cc2)CCN(c2ccnc(N3CCOCC3)n2)C1. The van der Waals surface area contributed by atoms with Crippen molar-refractivity contribution in [1.29, 1.82) is 0 Å². The lowest BCUT2D eigenvalue weighted by Gasteiger charge is -2.29. The van der Waals surface area contributed by atoms with E-state index in [0.29, 0.717) is 13.2 Å². The van der Waals surface area contributed by atoms with Crippen LogP contribution in [0.5, 0.6) is 0 Å². The molecule has 0 radical (unpaired) electrons. The number of halogens is 1. The lowest BCUT2D eigenvalue weighted by atomic mass is 9.81. The van der Waals surface area contributed by atoms with Crippen LogP contribution in [-0.4, -0.2) is 61.1 Å². The number of aliphatic hydroxyl groups excluding tert-OH is 1. The average molecular weight is 372 g/mol.